The Morgan fingerprint density at radius 3 is 2.64 bits per heavy atom. The number of carbonyl (C=O) groups excluding carboxylic acids is 1. The van der Waals surface area contributed by atoms with Gasteiger partial charge in [-0.15, -0.1) is 24.0 Å². The van der Waals surface area contributed by atoms with Crippen molar-refractivity contribution in [3.63, 3.8) is 0 Å². The molecular formula is C17H25ClFIN4O. The van der Waals surface area contributed by atoms with Crippen molar-refractivity contribution >= 4 is 47.4 Å². The van der Waals surface area contributed by atoms with E-state index in [1.807, 2.05) is 6.92 Å². The highest BCUT2D eigenvalue weighted by atomic mass is 127. The molecule has 3 N–H and O–H groups in total. The standard InChI is InChI=1S/C17H24ClFN4O.HI/c1-2-20-17(23-10-9-21-16(24)13-3-4-13)22-8-7-12-5-6-14(19)11-15(12)18;/h5-6,11,13H,2-4,7-10H2,1H3,(H,21,24)(H2,20,22,23);1H. The van der Waals surface area contributed by atoms with Gasteiger partial charge in [0, 0.05) is 37.1 Å². The Hall–Kier alpha value is -1.09. The van der Waals surface area contributed by atoms with E-state index in [0.717, 1.165) is 24.9 Å². The quantitative estimate of drug-likeness (QED) is 0.231. The molecule has 0 aromatic heterocycles. The maximum absolute atomic E-state index is 13.0. The average Bonchev–Trinajstić information content (AvgIpc) is 3.38. The minimum atomic E-state index is -0.337. The molecule has 1 aromatic carbocycles. The van der Waals surface area contributed by atoms with Gasteiger partial charge in [-0.2, -0.15) is 0 Å². The number of benzene rings is 1. The topological polar surface area (TPSA) is 65.5 Å². The fourth-order valence-electron chi connectivity index (χ4n) is 2.21. The van der Waals surface area contributed by atoms with Crippen molar-refractivity contribution < 1.29 is 9.18 Å². The first-order valence-electron chi connectivity index (χ1n) is 8.34. The minimum absolute atomic E-state index is 0. The summed E-state index contributed by atoms with van der Waals surface area (Å²) in [5.74, 6) is 0.726. The second kappa shape index (κ2) is 11.5. The lowest BCUT2D eigenvalue weighted by atomic mass is 10.1. The summed E-state index contributed by atoms with van der Waals surface area (Å²) in [6.45, 7) is 4.46. The molecule has 0 spiro atoms. The van der Waals surface area contributed by atoms with Gasteiger partial charge in [0.05, 0.1) is 0 Å². The van der Waals surface area contributed by atoms with E-state index in [1.54, 1.807) is 6.07 Å². The van der Waals surface area contributed by atoms with Crippen molar-refractivity contribution in [2.45, 2.75) is 26.2 Å². The van der Waals surface area contributed by atoms with Gasteiger partial charge in [0.2, 0.25) is 5.91 Å². The van der Waals surface area contributed by atoms with E-state index in [2.05, 4.69) is 20.9 Å². The number of aliphatic imine (C=N–C) groups is 1. The predicted octanol–water partition coefficient (Wildman–Crippen LogP) is 2.72. The fraction of sp³-hybridized carbons (Fsp3) is 0.529. The van der Waals surface area contributed by atoms with Gasteiger partial charge in [0.15, 0.2) is 5.96 Å². The zero-order valence-corrected chi connectivity index (χ0v) is 17.4. The van der Waals surface area contributed by atoms with Gasteiger partial charge in [-0.05, 0) is 43.9 Å². The number of hydrogen-bond acceptors (Lipinski definition) is 2. The number of hydrogen-bond donors (Lipinski definition) is 3. The molecule has 0 atom stereocenters. The van der Waals surface area contributed by atoms with Crippen molar-refractivity contribution in [1.29, 1.82) is 0 Å². The highest BCUT2D eigenvalue weighted by Gasteiger charge is 2.28. The summed E-state index contributed by atoms with van der Waals surface area (Å²) in [6.07, 6.45) is 2.65. The molecule has 2 rings (SSSR count). The molecule has 0 saturated heterocycles. The largest absolute Gasteiger partial charge is 0.357 e. The molecule has 0 bridgehead atoms. The molecule has 1 aliphatic carbocycles. The Labute approximate surface area is 170 Å². The monoisotopic (exact) mass is 482 g/mol. The fourth-order valence-corrected chi connectivity index (χ4v) is 2.47. The van der Waals surface area contributed by atoms with E-state index in [1.165, 1.54) is 12.1 Å². The van der Waals surface area contributed by atoms with Crippen LogP contribution in [0.3, 0.4) is 0 Å². The van der Waals surface area contributed by atoms with Crippen LogP contribution in [0.15, 0.2) is 23.2 Å². The first kappa shape index (κ1) is 22.0. The molecular weight excluding hydrogens is 458 g/mol. The molecule has 0 aliphatic heterocycles. The average molecular weight is 483 g/mol. The molecule has 0 heterocycles. The molecule has 1 amide bonds. The van der Waals surface area contributed by atoms with Crippen LogP contribution in [-0.4, -0.2) is 38.0 Å². The van der Waals surface area contributed by atoms with Crippen LogP contribution in [0.1, 0.15) is 25.3 Å². The van der Waals surface area contributed by atoms with Gasteiger partial charge in [0.1, 0.15) is 5.82 Å². The summed E-state index contributed by atoms with van der Waals surface area (Å²) in [6, 6.07) is 4.39. The van der Waals surface area contributed by atoms with Gasteiger partial charge < -0.3 is 16.0 Å². The summed E-state index contributed by atoms with van der Waals surface area (Å²) in [7, 11) is 0. The van der Waals surface area contributed by atoms with E-state index in [0.29, 0.717) is 37.0 Å². The lowest BCUT2D eigenvalue weighted by molar-refractivity contribution is -0.122. The van der Waals surface area contributed by atoms with Crippen LogP contribution in [-0.2, 0) is 11.2 Å². The van der Waals surface area contributed by atoms with Gasteiger partial charge in [-0.3, -0.25) is 9.79 Å². The summed E-state index contributed by atoms with van der Waals surface area (Å²) in [4.78, 5) is 16.0. The highest BCUT2D eigenvalue weighted by molar-refractivity contribution is 14.0. The molecule has 1 aliphatic rings. The second-order valence-electron chi connectivity index (χ2n) is 5.74. The van der Waals surface area contributed by atoms with E-state index in [-0.39, 0.29) is 41.6 Å². The van der Waals surface area contributed by atoms with Crippen LogP contribution in [0.25, 0.3) is 0 Å². The predicted molar refractivity (Wildman–Crippen MR) is 110 cm³/mol. The van der Waals surface area contributed by atoms with E-state index < -0.39 is 0 Å². The van der Waals surface area contributed by atoms with Gasteiger partial charge in [-0.25, -0.2) is 4.39 Å². The van der Waals surface area contributed by atoms with Crippen LogP contribution in [0.2, 0.25) is 5.02 Å². The maximum Gasteiger partial charge on any atom is 0.223 e. The van der Waals surface area contributed by atoms with Crippen molar-refractivity contribution in [1.82, 2.24) is 16.0 Å². The first-order chi connectivity index (χ1) is 11.6. The third kappa shape index (κ3) is 8.22. The molecule has 5 nitrogen and oxygen atoms in total. The van der Waals surface area contributed by atoms with Gasteiger partial charge in [0.25, 0.3) is 0 Å². The summed E-state index contributed by atoms with van der Waals surface area (Å²) >= 11 is 6.01. The number of nitrogens with zero attached hydrogens (tertiary/aromatic N) is 1. The number of carbonyl (C=O) groups is 1. The lowest BCUT2D eigenvalue weighted by Crippen LogP contribution is -2.41. The molecule has 1 saturated carbocycles. The normalized spacial score (nSPS) is 13.8. The summed E-state index contributed by atoms with van der Waals surface area (Å²) < 4.78 is 13.0. The molecule has 1 aromatic rings. The molecule has 8 heteroatoms. The number of halogens is 3. The molecule has 1 fully saturated rings. The Balaban J connectivity index is 0.00000312. The minimum Gasteiger partial charge on any atom is -0.357 e. The number of amides is 1. The third-order valence-electron chi connectivity index (χ3n) is 3.68. The van der Waals surface area contributed by atoms with Crippen LogP contribution < -0.4 is 16.0 Å². The summed E-state index contributed by atoms with van der Waals surface area (Å²) in [5, 5.41) is 9.65. The van der Waals surface area contributed by atoms with Gasteiger partial charge >= 0.3 is 0 Å². The van der Waals surface area contributed by atoms with Crippen molar-refractivity contribution in [3.05, 3.63) is 34.6 Å². The zero-order valence-electron chi connectivity index (χ0n) is 14.3. The van der Waals surface area contributed by atoms with Crippen LogP contribution in [0.5, 0.6) is 0 Å². The Morgan fingerprint density at radius 2 is 2.00 bits per heavy atom. The van der Waals surface area contributed by atoms with Crippen molar-refractivity contribution in [3.8, 4) is 0 Å². The molecule has 140 valence electrons. The highest BCUT2D eigenvalue weighted by Crippen LogP contribution is 2.28. The van der Waals surface area contributed by atoms with Crippen LogP contribution in [0.4, 0.5) is 4.39 Å². The number of nitrogens with one attached hydrogen (secondary N) is 3. The second-order valence-corrected chi connectivity index (χ2v) is 6.15. The van der Waals surface area contributed by atoms with E-state index >= 15 is 0 Å². The van der Waals surface area contributed by atoms with Crippen molar-refractivity contribution in [2.24, 2.45) is 10.9 Å². The smallest absolute Gasteiger partial charge is 0.223 e. The zero-order chi connectivity index (χ0) is 17.4. The Morgan fingerprint density at radius 1 is 1.28 bits per heavy atom. The van der Waals surface area contributed by atoms with Crippen LogP contribution in [0, 0.1) is 11.7 Å². The third-order valence-corrected chi connectivity index (χ3v) is 4.03. The maximum atomic E-state index is 13.0. The molecule has 0 unspecified atom stereocenters. The van der Waals surface area contributed by atoms with Gasteiger partial charge in [-0.1, -0.05) is 17.7 Å². The van der Waals surface area contributed by atoms with Crippen molar-refractivity contribution in [2.75, 3.05) is 26.2 Å². The van der Waals surface area contributed by atoms with E-state index in [4.69, 9.17) is 11.6 Å². The summed E-state index contributed by atoms with van der Waals surface area (Å²) in [5.41, 5.74) is 0.870. The van der Waals surface area contributed by atoms with Crippen LogP contribution >= 0.6 is 35.6 Å². The molecule has 0 radical (unpaired) electrons. The number of rotatable bonds is 8. The Bertz CT molecular complexity index is 596. The first-order valence-corrected chi connectivity index (χ1v) is 8.71. The van der Waals surface area contributed by atoms with E-state index in [9.17, 15) is 9.18 Å². The number of guanidine groups is 1. The SMILES string of the molecule is CCNC(=NCCc1ccc(F)cc1Cl)NCCNC(=O)C1CC1.I. The molecule has 25 heavy (non-hydrogen) atoms. The lowest BCUT2D eigenvalue weighted by Gasteiger charge is -2.12. The Kier molecular flexibility index (Phi) is 10.1.